The molecule has 2 aromatic rings. The van der Waals surface area contributed by atoms with Gasteiger partial charge in [-0.1, -0.05) is 31.0 Å². The van der Waals surface area contributed by atoms with Crippen LogP contribution in [0.25, 0.3) is 0 Å². The van der Waals surface area contributed by atoms with Crippen molar-refractivity contribution in [1.82, 2.24) is 14.8 Å². The minimum Gasteiger partial charge on any atom is -0.316 e. The summed E-state index contributed by atoms with van der Waals surface area (Å²) in [5.41, 5.74) is 1.81. The van der Waals surface area contributed by atoms with Crippen LogP contribution in [0.2, 0.25) is 0 Å². The van der Waals surface area contributed by atoms with Gasteiger partial charge in [0.25, 0.3) is 0 Å². The van der Waals surface area contributed by atoms with E-state index in [2.05, 4.69) is 21.6 Å². The summed E-state index contributed by atoms with van der Waals surface area (Å²) in [5, 5.41) is 22.7. The molecule has 1 saturated carbocycles. The van der Waals surface area contributed by atoms with Gasteiger partial charge in [0.15, 0.2) is 5.16 Å². The zero-order chi connectivity index (χ0) is 19.5. The monoisotopic (exact) mass is 415 g/mol. The lowest BCUT2D eigenvalue weighted by Gasteiger charge is -2.20. The van der Waals surface area contributed by atoms with Gasteiger partial charge in [-0.15, -0.1) is 21.5 Å². The number of aromatic nitrogens is 3. The van der Waals surface area contributed by atoms with E-state index in [-0.39, 0.29) is 11.7 Å². The first kappa shape index (κ1) is 19.5. The van der Waals surface area contributed by atoms with Gasteiger partial charge < -0.3 is 9.88 Å². The highest BCUT2D eigenvalue weighted by molar-refractivity contribution is 7.99. The summed E-state index contributed by atoms with van der Waals surface area (Å²) in [6.07, 6.45) is 10.4. The summed E-state index contributed by atoms with van der Waals surface area (Å²) < 4.78 is 2.04. The quantitative estimate of drug-likeness (QED) is 0.732. The number of nitrogens with zero attached hydrogens (tertiary/aromatic N) is 4. The molecular weight excluding hydrogens is 390 g/mol. The molecule has 2 aliphatic carbocycles. The van der Waals surface area contributed by atoms with E-state index in [0.717, 1.165) is 42.2 Å². The Morgan fingerprint density at radius 1 is 1.25 bits per heavy atom. The fraction of sp³-hybridized carbons (Fsp3) is 0.600. The fourth-order valence-electron chi connectivity index (χ4n) is 4.23. The Labute approximate surface area is 173 Å². The minimum absolute atomic E-state index is 0.0951. The van der Waals surface area contributed by atoms with Gasteiger partial charge >= 0.3 is 0 Å². The lowest BCUT2D eigenvalue weighted by molar-refractivity contribution is -0.113. The summed E-state index contributed by atoms with van der Waals surface area (Å²) in [6.45, 7) is 0. The van der Waals surface area contributed by atoms with E-state index in [1.807, 2.05) is 11.6 Å². The molecule has 0 spiro atoms. The lowest BCUT2D eigenvalue weighted by Crippen LogP contribution is -2.15. The molecule has 28 heavy (non-hydrogen) atoms. The summed E-state index contributed by atoms with van der Waals surface area (Å²) in [5.74, 6) is 1.71. The van der Waals surface area contributed by atoms with Crippen LogP contribution in [0, 0.1) is 11.3 Å². The summed E-state index contributed by atoms with van der Waals surface area (Å²) in [6, 6.07) is 2.29. The average Bonchev–Trinajstić information content (AvgIpc) is 3.26. The van der Waals surface area contributed by atoms with Crippen molar-refractivity contribution in [2.75, 3.05) is 11.1 Å². The Balaban J connectivity index is 1.38. The first-order chi connectivity index (χ1) is 13.7. The Bertz CT molecular complexity index is 905. The van der Waals surface area contributed by atoms with Crippen molar-refractivity contribution < 1.29 is 4.79 Å². The van der Waals surface area contributed by atoms with Crippen LogP contribution in [0.1, 0.15) is 72.7 Å². The topological polar surface area (TPSA) is 83.6 Å². The zero-order valence-corrected chi connectivity index (χ0v) is 17.8. The maximum Gasteiger partial charge on any atom is 0.235 e. The summed E-state index contributed by atoms with van der Waals surface area (Å²) >= 11 is 2.97. The van der Waals surface area contributed by atoms with E-state index in [0.29, 0.717) is 16.5 Å². The zero-order valence-electron chi connectivity index (χ0n) is 16.2. The second-order valence-corrected chi connectivity index (χ2v) is 9.65. The van der Waals surface area contributed by atoms with Crippen LogP contribution in [0.3, 0.4) is 0 Å². The SMILES string of the molecule is Cn1c(SCC(=O)Nc2sc3c(c2C#N)CCCC3)nnc1C1CCCCC1. The number of rotatable bonds is 5. The van der Waals surface area contributed by atoms with E-state index < -0.39 is 0 Å². The molecule has 1 amide bonds. The van der Waals surface area contributed by atoms with Gasteiger partial charge in [0.1, 0.15) is 16.9 Å². The van der Waals surface area contributed by atoms with Crippen LogP contribution in [0.5, 0.6) is 0 Å². The molecule has 2 aromatic heterocycles. The van der Waals surface area contributed by atoms with Crippen LogP contribution in [0.4, 0.5) is 5.00 Å². The number of nitrogens with one attached hydrogen (secondary N) is 1. The first-order valence-electron chi connectivity index (χ1n) is 10.0. The van der Waals surface area contributed by atoms with Gasteiger partial charge in [0.05, 0.1) is 11.3 Å². The van der Waals surface area contributed by atoms with Crippen molar-refractivity contribution in [3.05, 3.63) is 21.8 Å². The minimum atomic E-state index is -0.0951. The Morgan fingerprint density at radius 3 is 2.82 bits per heavy atom. The Hall–Kier alpha value is -1.85. The standard InChI is InChI=1S/C20H25N5OS2/c1-25-18(13-7-3-2-4-8-13)23-24-20(25)27-12-17(26)22-19-15(11-21)14-9-5-6-10-16(14)28-19/h13H,2-10,12H2,1H3,(H,22,26). The van der Waals surface area contributed by atoms with Crippen molar-refractivity contribution in [3.63, 3.8) is 0 Å². The molecule has 148 valence electrons. The van der Waals surface area contributed by atoms with Crippen molar-refractivity contribution >= 4 is 34.0 Å². The molecule has 6 nitrogen and oxygen atoms in total. The third-order valence-corrected chi connectivity index (χ3v) is 7.93. The van der Waals surface area contributed by atoms with Crippen molar-refractivity contribution in [2.45, 2.75) is 68.9 Å². The maximum atomic E-state index is 12.5. The third kappa shape index (κ3) is 3.96. The van der Waals surface area contributed by atoms with Gasteiger partial charge in [-0.2, -0.15) is 5.26 Å². The average molecular weight is 416 g/mol. The number of fused-ring (bicyclic) bond motifs is 1. The van der Waals surface area contributed by atoms with Crippen LogP contribution in [-0.2, 0) is 24.7 Å². The number of hydrogen-bond acceptors (Lipinski definition) is 6. The van der Waals surface area contributed by atoms with Crippen LogP contribution in [0.15, 0.2) is 5.16 Å². The molecule has 1 fully saturated rings. The lowest BCUT2D eigenvalue weighted by atomic mass is 9.89. The molecule has 0 atom stereocenters. The number of carbonyl (C=O) groups excluding carboxylic acids is 1. The second kappa shape index (κ2) is 8.66. The van der Waals surface area contributed by atoms with Gasteiger partial charge in [0.2, 0.25) is 5.91 Å². The number of nitriles is 1. The highest BCUT2D eigenvalue weighted by Gasteiger charge is 2.24. The van der Waals surface area contributed by atoms with Crippen LogP contribution >= 0.6 is 23.1 Å². The largest absolute Gasteiger partial charge is 0.316 e. The van der Waals surface area contributed by atoms with E-state index in [1.165, 1.54) is 48.7 Å². The molecule has 0 aromatic carbocycles. The highest BCUT2D eigenvalue weighted by atomic mass is 32.2. The summed E-state index contributed by atoms with van der Waals surface area (Å²) in [4.78, 5) is 13.8. The van der Waals surface area contributed by atoms with Crippen molar-refractivity contribution in [1.29, 1.82) is 5.26 Å². The highest BCUT2D eigenvalue weighted by Crippen LogP contribution is 2.38. The molecule has 8 heteroatoms. The smallest absolute Gasteiger partial charge is 0.235 e. The molecule has 2 heterocycles. The van der Waals surface area contributed by atoms with Crippen LogP contribution in [-0.4, -0.2) is 26.4 Å². The van der Waals surface area contributed by atoms with E-state index in [1.54, 1.807) is 11.3 Å². The van der Waals surface area contributed by atoms with Crippen molar-refractivity contribution in [3.8, 4) is 6.07 Å². The van der Waals surface area contributed by atoms with E-state index in [9.17, 15) is 10.1 Å². The molecule has 0 saturated heterocycles. The summed E-state index contributed by atoms with van der Waals surface area (Å²) in [7, 11) is 1.99. The van der Waals surface area contributed by atoms with Crippen LogP contribution < -0.4 is 5.32 Å². The fourth-order valence-corrected chi connectivity index (χ4v) is 6.21. The molecule has 0 bridgehead atoms. The Kier molecular flexibility index (Phi) is 6.02. The first-order valence-corrected chi connectivity index (χ1v) is 11.8. The van der Waals surface area contributed by atoms with Gasteiger partial charge in [-0.05, 0) is 44.1 Å². The molecule has 0 unspecified atom stereocenters. The molecule has 4 rings (SSSR count). The number of anilines is 1. The molecule has 0 aliphatic heterocycles. The van der Waals surface area contributed by atoms with Crippen molar-refractivity contribution in [2.24, 2.45) is 7.05 Å². The maximum absolute atomic E-state index is 12.5. The number of hydrogen-bond donors (Lipinski definition) is 1. The molecular formula is C20H25N5OS2. The van der Waals surface area contributed by atoms with E-state index in [4.69, 9.17) is 0 Å². The third-order valence-electron chi connectivity index (χ3n) is 5.71. The van der Waals surface area contributed by atoms with Gasteiger partial charge in [-0.3, -0.25) is 4.79 Å². The number of aryl methyl sites for hydroxylation is 1. The number of thiophene rings is 1. The predicted molar refractivity (Wildman–Crippen MR) is 112 cm³/mol. The molecule has 1 N–H and O–H groups in total. The van der Waals surface area contributed by atoms with E-state index >= 15 is 0 Å². The molecule has 2 aliphatic rings. The number of thioether (sulfide) groups is 1. The second-order valence-electron chi connectivity index (χ2n) is 7.60. The number of carbonyl (C=O) groups is 1. The Morgan fingerprint density at radius 2 is 2.04 bits per heavy atom. The normalized spacial score (nSPS) is 17.1. The number of amides is 1. The van der Waals surface area contributed by atoms with Gasteiger partial charge in [0, 0.05) is 17.8 Å². The predicted octanol–water partition coefficient (Wildman–Crippen LogP) is 4.41. The molecule has 0 radical (unpaired) electrons. The van der Waals surface area contributed by atoms with Gasteiger partial charge in [-0.25, -0.2) is 0 Å².